The molecule has 0 bridgehead atoms. The molecule has 142 valence electrons. The smallest absolute Gasteiger partial charge is 0.0547 e. The minimum atomic E-state index is 0.752. The summed E-state index contributed by atoms with van der Waals surface area (Å²) in [6, 6.07) is 38.5. The first-order valence-electron chi connectivity index (χ1n) is 10.1. The van der Waals surface area contributed by atoms with Crippen LogP contribution in [0.4, 0.5) is 0 Å². The summed E-state index contributed by atoms with van der Waals surface area (Å²) >= 11 is 6.26. The van der Waals surface area contributed by atoms with Crippen molar-refractivity contribution in [2.75, 3.05) is 0 Å². The van der Waals surface area contributed by atoms with Gasteiger partial charge in [-0.3, -0.25) is 0 Å². The molecule has 0 atom stereocenters. The summed E-state index contributed by atoms with van der Waals surface area (Å²) < 4.78 is 2.39. The molecule has 2 heteroatoms. The van der Waals surface area contributed by atoms with E-state index in [0.717, 1.165) is 16.1 Å². The number of hydrogen-bond acceptors (Lipinski definition) is 0. The Balaban J connectivity index is 1.74. The van der Waals surface area contributed by atoms with Gasteiger partial charge in [0.15, 0.2) is 0 Å². The highest BCUT2D eigenvalue weighted by Crippen LogP contribution is 2.36. The lowest BCUT2D eigenvalue weighted by Gasteiger charge is -2.12. The summed E-state index contributed by atoms with van der Waals surface area (Å²) in [5.41, 5.74) is 5.90. The van der Waals surface area contributed by atoms with E-state index in [1.165, 1.54) is 38.3 Å². The first kappa shape index (κ1) is 17.3. The lowest BCUT2D eigenvalue weighted by molar-refractivity contribution is 1.20. The Hall–Kier alpha value is -3.55. The molecule has 1 aromatic heterocycles. The highest BCUT2D eigenvalue weighted by molar-refractivity contribution is 6.30. The van der Waals surface area contributed by atoms with Gasteiger partial charge in [-0.25, -0.2) is 0 Å². The maximum Gasteiger partial charge on any atom is 0.0547 e. The molecule has 6 rings (SSSR count). The number of para-hydroxylation sites is 1. The van der Waals surface area contributed by atoms with Crippen LogP contribution in [-0.2, 0) is 0 Å². The molecule has 0 fully saturated rings. The number of fused-ring (bicyclic) bond motifs is 4. The molecule has 6 aromatic rings. The fourth-order valence-electron chi connectivity index (χ4n) is 4.48. The van der Waals surface area contributed by atoms with Crippen LogP contribution in [0.2, 0.25) is 5.02 Å². The van der Waals surface area contributed by atoms with Crippen molar-refractivity contribution in [3.05, 3.63) is 114 Å². The number of hydrogen-bond donors (Lipinski definition) is 0. The molecule has 0 unspecified atom stereocenters. The molecular formula is C28H18ClN. The van der Waals surface area contributed by atoms with Gasteiger partial charge in [0.25, 0.3) is 0 Å². The molecule has 0 aliphatic carbocycles. The van der Waals surface area contributed by atoms with Crippen LogP contribution in [-0.4, -0.2) is 4.57 Å². The van der Waals surface area contributed by atoms with Crippen molar-refractivity contribution < 1.29 is 0 Å². The predicted octanol–water partition coefficient (Wildman–Crippen LogP) is 8.26. The van der Waals surface area contributed by atoms with E-state index < -0.39 is 0 Å². The van der Waals surface area contributed by atoms with Crippen LogP contribution in [0, 0.1) is 0 Å². The maximum absolute atomic E-state index is 6.26. The third-order valence-corrected chi connectivity index (χ3v) is 6.07. The second-order valence-corrected chi connectivity index (χ2v) is 8.03. The van der Waals surface area contributed by atoms with Crippen molar-refractivity contribution in [3.63, 3.8) is 0 Å². The average Bonchev–Trinajstić information content (AvgIpc) is 3.12. The Kier molecular flexibility index (Phi) is 3.90. The topological polar surface area (TPSA) is 4.93 Å². The molecule has 0 N–H and O–H groups in total. The van der Waals surface area contributed by atoms with Crippen molar-refractivity contribution >= 4 is 44.2 Å². The minimum Gasteiger partial charge on any atom is -0.309 e. The molecule has 1 nitrogen and oxygen atoms in total. The molecular weight excluding hydrogens is 386 g/mol. The molecule has 0 aliphatic rings. The van der Waals surface area contributed by atoms with Crippen molar-refractivity contribution in [3.8, 4) is 16.8 Å². The maximum atomic E-state index is 6.26. The number of rotatable bonds is 2. The van der Waals surface area contributed by atoms with Gasteiger partial charge >= 0.3 is 0 Å². The largest absolute Gasteiger partial charge is 0.309 e. The summed E-state index contributed by atoms with van der Waals surface area (Å²) in [4.78, 5) is 0. The molecule has 1 heterocycles. The van der Waals surface area contributed by atoms with Gasteiger partial charge in [-0.05, 0) is 46.8 Å². The van der Waals surface area contributed by atoms with E-state index in [1.54, 1.807) is 0 Å². The molecule has 30 heavy (non-hydrogen) atoms. The summed E-state index contributed by atoms with van der Waals surface area (Å²) in [5.74, 6) is 0. The van der Waals surface area contributed by atoms with Crippen LogP contribution in [0.1, 0.15) is 0 Å². The van der Waals surface area contributed by atoms with Gasteiger partial charge in [-0.1, -0.05) is 90.5 Å². The lowest BCUT2D eigenvalue weighted by Crippen LogP contribution is -1.95. The quantitative estimate of drug-likeness (QED) is 0.274. The molecule has 0 spiro atoms. The van der Waals surface area contributed by atoms with Gasteiger partial charge in [-0.2, -0.15) is 0 Å². The van der Waals surface area contributed by atoms with Crippen LogP contribution >= 0.6 is 11.6 Å². The Labute approximate surface area is 179 Å². The molecule has 0 saturated heterocycles. The number of benzene rings is 5. The average molecular weight is 404 g/mol. The fraction of sp³-hybridized carbons (Fsp3) is 0. The van der Waals surface area contributed by atoms with Crippen molar-refractivity contribution in [1.29, 1.82) is 0 Å². The third-order valence-electron chi connectivity index (χ3n) is 5.84. The lowest BCUT2D eigenvalue weighted by atomic mass is 10.0. The van der Waals surface area contributed by atoms with Crippen molar-refractivity contribution in [2.45, 2.75) is 0 Å². The molecule has 0 aliphatic heterocycles. The molecule has 5 aromatic carbocycles. The van der Waals surface area contributed by atoms with Crippen LogP contribution in [0.5, 0.6) is 0 Å². The van der Waals surface area contributed by atoms with Crippen LogP contribution in [0.25, 0.3) is 49.4 Å². The van der Waals surface area contributed by atoms with Gasteiger partial charge in [0.05, 0.1) is 16.7 Å². The summed E-state index contributed by atoms with van der Waals surface area (Å²) in [6.07, 6.45) is 0. The summed E-state index contributed by atoms with van der Waals surface area (Å²) in [7, 11) is 0. The molecule has 0 radical (unpaired) electrons. The zero-order chi connectivity index (χ0) is 20.1. The second-order valence-electron chi connectivity index (χ2n) is 7.59. The van der Waals surface area contributed by atoms with Crippen LogP contribution < -0.4 is 0 Å². The van der Waals surface area contributed by atoms with E-state index in [2.05, 4.69) is 95.6 Å². The normalized spacial score (nSPS) is 11.5. The van der Waals surface area contributed by atoms with Gasteiger partial charge in [-0.15, -0.1) is 0 Å². The minimum absolute atomic E-state index is 0.752. The van der Waals surface area contributed by atoms with Crippen molar-refractivity contribution in [1.82, 2.24) is 4.57 Å². The fourth-order valence-corrected chi connectivity index (χ4v) is 4.67. The Morgan fingerprint density at radius 1 is 0.500 bits per heavy atom. The van der Waals surface area contributed by atoms with E-state index >= 15 is 0 Å². The van der Waals surface area contributed by atoms with Crippen molar-refractivity contribution in [2.24, 2.45) is 0 Å². The van der Waals surface area contributed by atoms with E-state index in [4.69, 9.17) is 11.6 Å². The van der Waals surface area contributed by atoms with E-state index in [9.17, 15) is 0 Å². The highest BCUT2D eigenvalue weighted by Gasteiger charge is 2.14. The summed E-state index contributed by atoms with van der Waals surface area (Å²) in [5, 5.41) is 5.76. The first-order chi connectivity index (χ1) is 14.8. The number of nitrogens with zero attached hydrogens (tertiary/aromatic N) is 1. The predicted molar refractivity (Wildman–Crippen MR) is 129 cm³/mol. The van der Waals surface area contributed by atoms with E-state index in [-0.39, 0.29) is 0 Å². The van der Waals surface area contributed by atoms with Gasteiger partial charge in [0.2, 0.25) is 0 Å². The van der Waals surface area contributed by atoms with Gasteiger partial charge in [0.1, 0.15) is 0 Å². The highest BCUT2D eigenvalue weighted by atomic mass is 35.5. The van der Waals surface area contributed by atoms with Gasteiger partial charge in [0, 0.05) is 21.2 Å². The number of aromatic nitrogens is 1. The van der Waals surface area contributed by atoms with E-state index in [0.29, 0.717) is 0 Å². The zero-order valence-electron chi connectivity index (χ0n) is 16.2. The van der Waals surface area contributed by atoms with E-state index in [1.807, 2.05) is 18.2 Å². The molecule has 0 amide bonds. The SMILES string of the molecule is Clc1cccc(-c2ccc3c4ccccc4n(-c4cccc5ccccc45)c3c2)c1. The third kappa shape index (κ3) is 2.63. The zero-order valence-corrected chi connectivity index (χ0v) is 17.0. The van der Waals surface area contributed by atoms with Crippen LogP contribution in [0.3, 0.4) is 0 Å². The monoisotopic (exact) mass is 403 g/mol. The molecule has 0 saturated carbocycles. The standard InChI is InChI=1S/C28H18ClN/c29-22-10-5-9-20(17-22)21-15-16-25-24-12-3-4-13-27(24)30(28(25)18-21)26-14-6-8-19-7-1-2-11-23(19)26/h1-18H. The Bertz CT molecular complexity index is 1550. The van der Waals surface area contributed by atoms with Crippen LogP contribution in [0.15, 0.2) is 109 Å². The Morgan fingerprint density at radius 2 is 1.20 bits per heavy atom. The Morgan fingerprint density at radius 3 is 2.10 bits per heavy atom. The summed E-state index contributed by atoms with van der Waals surface area (Å²) in [6.45, 7) is 0. The van der Waals surface area contributed by atoms with Gasteiger partial charge < -0.3 is 4.57 Å². The number of halogens is 1. The first-order valence-corrected chi connectivity index (χ1v) is 10.4. The second kappa shape index (κ2) is 6.76.